The summed E-state index contributed by atoms with van der Waals surface area (Å²) in [7, 11) is 0. The van der Waals surface area contributed by atoms with Gasteiger partial charge in [-0.25, -0.2) is 0 Å². The molecule has 0 atom stereocenters. The molecular weight excluding hydrogens is 413 g/mol. The van der Waals surface area contributed by atoms with Crippen molar-refractivity contribution in [2.45, 2.75) is 131 Å². The fourth-order valence-electron chi connectivity index (χ4n) is 3.57. The summed E-state index contributed by atoms with van der Waals surface area (Å²) in [5.41, 5.74) is 0.247. The predicted molar refractivity (Wildman–Crippen MR) is 115 cm³/mol. The van der Waals surface area contributed by atoms with Crippen molar-refractivity contribution in [3.8, 4) is 0 Å². The normalized spacial score (nSPS) is 12.5. The van der Waals surface area contributed by atoms with Crippen molar-refractivity contribution >= 4 is 29.0 Å². The number of unbranched alkanes of at least 4 members (excludes halogenated alkanes) is 2. The molecule has 0 saturated heterocycles. The maximum atomic E-state index is 7.04. The first-order valence-electron chi connectivity index (χ1n) is 11.0. The first kappa shape index (κ1) is 25.0. The Balaban J connectivity index is 4.77. The third-order valence-corrected chi connectivity index (χ3v) is 17.8. The van der Waals surface area contributed by atoms with Crippen molar-refractivity contribution < 1.29 is 3.76 Å². The van der Waals surface area contributed by atoms with Crippen LogP contribution in [-0.4, -0.2) is 34.6 Å². The van der Waals surface area contributed by atoms with Gasteiger partial charge in [0.15, 0.2) is 0 Å². The molecule has 3 heteroatoms. The Morgan fingerprint density at radius 3 is 1.50 bits per heavy atom. The minimum absolute atomic E-state index is 0.247. The second-order valence-electron chi connectivity index (χ2n) is 7.49. The SMILES string of the molecule is CCC[CH2][Ge]([CH2]CCC)[O]C(CC)(CC)C[CH2][Ge]([CH2]CC)[CH2]CC. The van der Waals surface area contributed by atoms with Crippen LogP contribution in [0.5, 0.6) is 0 Å². The van der Waals surface area contributed by atoms with Gasteiger partial charge in [0.1, 0.15) is 0 Å². The van der Waals surface area contributed by atoms with Gasteiger partial charge in [-0.3, -0.25) is 0 Å². The summed E-state index contributed by atoms with van der Waals surface area (Å²) in [6.07, 6.45) is 12.1. The van der Waals surface area contributed by atoms with E-state index in [0.29, 0.717) is 0 Å². The van der Waals surface area contributed by atoms with Gasteiger partial charge in [0.25, 0.3) is 0 Å². The van der Waals surface area contributed by atoms with Gasteiger partial charge >= 0.3 is 164 Å². The summed E-state index contributed by atoms with van der Waals surface area (Å²) in [4.78, 5) is 0. The molecule has 0 N–H and O–H groups in total. The van der Waals surface area contributed by atoms with E-state index in [-0.39, 0.29) is 5.60 Å². The van der Waals surface area contributed by atoms with Gasteiger partial charge in [-0.2, -0.15) is 0 Å². The van der Waals surface area contributed by atoms with Crippen molar-refractivity contribution in [2.24, 2.45) is 0 Å². The first-order chi connectivity index (χ1) is 11.6. The van der Waals surface area contributed by atoms with Crippen LogP contribution < -0.4 is 0 Å². The topological polar surface area (TPSA) is 9.23 Å². The maximum absolute atomic E-state index is 7.04. The molecule has 2 radical (unpaired) electrons. The third-order valence-electron chi connectivity index (χ3n) is 5.41. The van der Waals surface area contributed by atoms with E-state index in [9.17, 15) is 0 Å². The second kappa shape index (κ2) is 16.2. The molecule has 0 bridgehead atoms. The van der Waals surface area contributed by atoms with Gasteiger partial charge in [0.05, 0.1) is 0 Å². The summed E-state index contributed by atoms with van der Waals surface area (Å²) in [5, 5.41) is 7.57. The predicted octanol–water partition coefficient (Wildman–Crippen LogP) is 7.86. The molecule has 144 valence electrons. The van der Waals surface area contributed by atoms with E-state index >= 15 is 0 Å². The number of rotatable bonds is 17. The average Bonchev–Trinajstić information content (AvgIpc) is 2.60. The Hall–Kier alpha value is 1.05. The van der Waals surface area contributed by atoms with Crippen molar-refractivity contribution in [1.82, 2.24) is 0 Å². The fraction of sp³-hybridized carbons (Fsp3) is 1.00. The van der Waals surface area contributed by atoms with Crippen LogP contribution in [0.25, 0.3) is 0 Å². The van der Waals surface area contributed by atoms with Gasteiger partial charge in [0.2, 0.25) is 0 Å². The molecule has 1 nitrogen and oxygen atoms in total. The molecule has 0 rings (SSSR count). The Morgan fingerprint density at radius 1 is 0.625 bits per heavy atom. The summed E-state index contributed by atoms with van der Waals surface area (Å²) in [6, 6.07) is 0. The van der Waals surface area contributed by atoms with E-state index in [1.54, 1.807) is 15.8 Å². The Labute approximate surface area is 163 Å². The fourth-order valence-corrected chi connectivity index (χ4v) is 16.0. The molecule has 0 aromatic carbocycles. The van der Waals surface area contributed by atoms with E-state index in [0.717, 1.165) is 0 Å². The first-order valence-corrected chi connectivity index (χ1v) is 19.3. The standard InChI is InChI=1S/C21H46Ge2O/c1-7-13-18-23(19-14-8-2)24-21(11-5,12-6)15-20-22(16-9-3)17-10-4/h7-20H2,1-6H3. The molecule has 0 saturated carbocycles. The summed E-state index contributed by atoms with van der Waals surface area (Å²) < 4.78 is 7.04. The quantitative estimate of drug-likeness (QED) is 0.201. The molecule has 0 aliphatic rings. The van der Waals surface area contributed by atoms with Crippen LogP contribution in [0.3, 0.4) is 0 Å². The van der Waals surface area contributed by atoms with Crippen LogP contribution in [-0.2, 0) is 3.76 Å². The van der Waals surface area contributed by atoms with Crippen LogP contribution in [0, 0.1) is 0 Å². The van der Waals surface area contributed by atoms with Gasteiger partial charge in [0, 0.05) is 0 Å². The molecule has 0 aromatic heterocycles. The van der Waals surface area contributed by atoms with Gasteiger partial charge in [-0.1, -0.05) is 0 Å². The molecule has 0 heterocycles. The van der Waals surface area contributed by atoms with Crippen LogP contribution in [0.4, 0.5) is 0 Å². The van der Waals surface area contributed by atoms with Crippen molar-refractivity contribution in [1.29, 1.82) is 0 Å². The molecule has 0 aliphatic carbocycles. The Bertz CT molecular complexity index is 253. The van der Waals surface area contributed by atoms with E-state index in [1.165, 1.54) is 68.3 Å². The van der Waals surface area contributed by atoms with E-state index in [2.05, 4.69) is 41.5 Å². The zero-order chi connectivity index (χ0) is 18.3. The molecule has 24 heavy (non-hydrogen) atoms. The van der Waals surface area contributed by atoms with E-state index in [1.807, 2.05) is 0 Å². The molecule has 0 unspecified atom stereocenters. The minimum atomic E-state index is -1.31. The molecule has 0 aromatic rings. The van der Waals surface area contributed by atoms with Crippen molar-refractivity contribution in [2.75, 3.05) is 0 Å². The van der Waals surface area contributed by atoms with E-state index < -0.39 is 29.0 Å². The van der Waals surface area contributed by atoms with Crippen LogP contribution in [0.2, 0.25) is 26.3 Å². The summed E-state index contributed by atoms with van der Waals surface area (Å²) in [5.74, 6) is 0. The monoisotopic (exact) mass is 462 g/mol. The average molecular weight is 460 g/mol. The second-order valence-corrected chi connectivity index (χ2v) is 18.6. The van der Waals surface area contributed by atoms with Crippen molar-refractivity contribution in [3.05, 3.63) is 0 Å². The molecule has 0 amide bonds. The van der Waals surface area contributed by atoms with Crippen LogP contribution in [0.15, 0.2) is 0 Å². The van der Waals surface area contributed by atoms with Gasteiger partial charge < -0.3 is 0 Å². The summed E-state index contributed by atoms with van der Waals surface area (Å²) in [6.45, 7) is 14.2. The molecule has 0 aliphatic heterocycles. The van der Waals surface area contributed by atoms with Crippen LogP contribution >= 0.6 is 0 Å². The molecular formula is C21H46Ge2O. The molecule has 0 fully saturated rings. The van der Waals surface area contributed by atoms with Gasteiger partial charge in [-0.05, 0) is 0 Å². The van der Waals surface area contributed by atoms with Gasteiger partial charge in [-0.15, -0.1) is 0 Å². The number of hydrogen-bond acceptors (Lipinski definition) is 1. The van der Waals surface area contributed by atoms with E-state index in [4.69, 9.17) is 3.76 Å². The third kappa shape index (κ3) is 10.9. The Kier molecular flexibility index (Phi) is 16.9. The zero-order valence-corrected chi connectivity index (χ0v) is 22.0. The van der Waals surface area contributed by atoms with Crippen molar-refractivity contribution in [3.63, 3.8) is 0 Å². The Morgan fingerprint density at radius 2 is 1.12 bits per heavy atom. The zero-order valence-electron chi connectivity index (χ0n) is 17.8. The number of hydrogen-bond donors (Lipinski definition) is 0. The van der Waals surface area contributed by atoms with Crippen LogP contribution in [0.1, 0.15) is 99.3 Å². The molecule has 0 spiro atoms. The summed E-state index contributed by atoms with van der Waals surface area (Å²) >= 11 is -2.11.